The van der Waals surface area contributed by atoms with E-state index < -0.39 is 5.97 Å². The van der Waals surface area contributed by atoms with Gasteiger partial charge in [-0.1, -0.05) is 43.7 Å². The molecule has 4 saturated carbocycles. The van der Waals surface area contributed by atoms with Crippen LogP contribution >= 0.6 is 11.3 Å². The number of aromatic carboxylic acids is 1. The van der Waals surface area contributed by atoms with Crippen LogP contribution in [0.1, 0.15) is 125 Å². The Bertz CT molecular complexity index is 2690. The number of piperazine rings is 1. The van der Waals surface area contributed by atoms with Crippen molar-refractivity contribution in [1.29, 1.82) is 0 Å². The molecule has 1 amide bonds. The quantitative estimate of drug-likeness (QED) is 0.0846. The highest BCUT2D eigenvalue weighted by atomic mass is 32.1. The molecular formula is C52H66N10O5S. The number of nitrogens with zero attached hydrogens (tertiary/aromatic N) is 9. The second-order valence-corrected chi connectivity index (χ2v) is 22.7. The summed E-state index contributed by atoms with van der Waals surface area (Å²) in [6.07, 6.45) is 13.9. The first kappa shape index (κ1) is 46.4. The summed E-state index contributed by atoms with van der Waals surface area (Å²) in [4.78, 5) is 53.2. The first-order chi connectivity index (χ1) is 32.6. The lowest BCUT2D eigenvalue weighted by Gasteiger charge is -2.69. The van der Waals surface area contributed by atoms with Crippen LogP contribution in [-0.2, 0) is 27.3 Å². The van der Waals surface area contributed by atoms with Crippen LogP contribution in [0, 0.1) is 30.1 Å². The Morgan fingerprint density at radius 3 is 2.37 bits per heavy atom. The number of carbonyl (C=O) groups excluding carboxylic acids is 2. The maximum absolute atomic E-state index is 13.0. The number of benzene rings is 1. The first-order valence-electron chi connectivity index (χ1n) is 24.8. The van der Waals surface area contributed by atoms with E-state index in [0.29, 0.717) is 49.0 Å². The van der Waals surface area contributed by atoms with Crippen LogP contribution in [-0.4, -0.2) is 114 Å². The number of unbranched alkanes of at least 4 members (excludes halogenated alkanes) is 2. The van der Waals surface area contributed by atoms with Crippen LogP contribution in [0.4, 0.5) is 22.6 Å². The van der Waals surface area contributed by atoms with E-state index in [2.05, 4.69) is 51.9 Å². The van der Waals surface area contributed by atoms with E-state index in [0.717, 1.165) is 141 Å². The molecule has 1 saturated heterocycles. The Balaban J connectivity index is 0.808. The molecule has 0 radical (unpaired) electrons. The average Bonchev–Trinajstić information content (AvgIpc) is 3.87. The van der Waals surface area contributed by atoms with Crippen LogP contribution in [0.15, 0.2) is 42.6 Å². The summed E-state index contributed by atoms with van der Waals surface area (Å²) in [5.74, 6) is 1.24. The monoisotopic (exact) mass is 942 g/mol. The van der Waals surface area contributed by atoms with Gasteiger partial charge in [0.05, 0.1) is 28.6 Å². The number of hydrogen-bond donors (Lipinski definition) is 2. The molecule has 360 valence electrons. The number of fused-ring (bicyclic) bond motifs is 2. The normalized spacial score (nSPS) is 25.5. The Kier molecular flexibility index (Phi) is 12.4. The van der Waals surface area contributed by atoms with Gasteiger partial charge < -0.3 is 29.8 Å². The molecule has 4 bridgehead atoms. The Morgan fingerprint density at radius 2 is 1.62 bits per heavy atom. The summed E-state index contributed by atoms with van der Waals surface area (Å²) in [6.45, 7) is 16.8. The molecule has 15 nitrogen and oxygen atoms in total. The highest BCUT2D eigenvalue weighted by molar-refractivity contribution is 7.22. The van der Waals surface area contributed by atoms with Gasteiger partial charge in [-0.05, 0) is 125 Å². The van der Waals surface area contributed by atoms with Crippen molar-refractivity contribution < 1.29 is 24.2 Å². The SMILES string of the molecule is CC(=O)CCCCCC(=O)N1CCN(CCOC23CC4(Cn5ncc(-c6ccc(N7CCCc8c7nnc(Nc7nc9ccccc9s7)c8C)nc6C(=O)O)c5C)C[C@@](C)(C2)C[C@](C)(C4)C3)CC1. The van der Waals surface area contributed by atoms with E-state index in [9.17, 15) is 19.5 Å². The molecule has 6 heterocycles. The van der Waals surface area contributed by atoms with E-state index >= 15 is 0 Å². The number of hydrogen-bond acceptors (Lipinski definition) is 13. The standard InChI is InChI=1S/C52H66N10O5S/c1-34(63)12-7-6-8-16-43(64)60-22-20-59(21-23-60)24-25-67-52-30-49(4)27-50(5,31-52)29-51(28-49,32-52)33-62-36(3)39(26-53-62)38-17-18-42(55-44(38)47(65)66)61-19-11-13-37-35(2)45(57-58-46(37)61)56-48-54-40-14-9-10-15-41(40)68-48/h9-10,14-15,17-18,26H,6-8,11-13,16,19-25,27-33H2,1-5H3,(H,65,66)(H,54,56,57)/t49-,50+,51?,52?. The Hall–Kier alpha value is -5.32. The molecule has 4 aromatic heterocycles. The maximum atomic E-state index is 13.0. The van der Waals surface area contributed by atoms with Gasteiger partial charge in [0, 0.05) is 86.6 Å². The van der Waals surface area contributed by atoms with Gasteiger partial charge in [-0.3, -0.25) is 14.4 Å². The molecule has 2 unspecified atom stereocenters. The third kappa shape index (κ3) is 9.27. The van der Waals surface area contributed by atoms with Gasteiger partial charge in [0.2, 0.25) is 5.91 Å². The minimum atomic E-state index is -1.09. The van der Waals surface area contributed by atoms with Crippen LogP contribution in [0.2, 0.25) is 0 Å². The summed E-state index contributed by atoms with van der Waals surface area (Å²) < 4.78 is 10.3. The van der Waals surface area contributed by atoms with Gasteiger partial charge >= 0.3 is 5.97 Å². The van der Waals surface area contributed by atoms with Crippen LogP contribution in [0.3, 0.4) is 0 Å². The number of thiazole rings is 1. The van der Waals surface area contributed by atoms with Crippen molar-refractivity contribution in [3.63, 3.8) is 0 Å². The van der Waals surface area contributed by atoms with Crippen molar-refractivity contribution in [3.8, 4) is 11.1 Å². The van der Waals surface area contributed by atoms with Crippen molar-refractivity contribution in [2.24, 2.45) is 16.2 Å². The highest BCUT2D eigenvalue weighted by Gasteiger charge is 2.66. The fourth-order valence-corrected chi connectivity index (χ4v) is 14.7. The summed E-state index contributed by atoms with van der Waals surface area (Å²) in [5, 5.41) is 29.1. The zero-order valence-electron chi connectivity index (χ0n) is 40.4. The summed E-state index contributed by atoms with van der Waals surface area (Å²) in [5.41, 5.74) is 5.40. The van der Waals surface area contributed by atoms with Crippen molar-refractivity contribution in [3.05, 3.63) is 65.1 Å². The molecule has 5 fully saturated rings. The third-order valence-corrected chi connectivity index (χ3v) is 16.7. The number of ether oxygens (including phenoxy) is 1. The predicted molar refractivity (Wildman–Crippen MR) is 264 cm³/mol. The fourth-order valence-electron chi connectivity index (χ4n) is 13.9. The predicted octanol–water partition coefficient (Wildman–Crippen LogP) is 9.31. The van der Waals surface area contributed by atoms with E-state index in [1.165, 1.54) is 6.42 Å². The molecule has 6 aliphatic rings. The first-order valence-corrected chi connectivity index (χ1v) is 25.6. The smallest absolute Gasteiger partial charge is 0.355 e. The second-order valence-electron chi connectivity index (χ2n) is 21.7. The van der Waals surface area contributed by atoms with E-state index in [1.807, 2.05) is 53.3 Å². The molecule has 2 aliphatic heterocycles. The van der Waals surface area contributed by atoms with Gasteiger partial charge in [-0.2, -0.15) is 5.10 Å². The molecule has 68 heavy (non-hydrogen) atoms. The van der Waals surface area contributed by atoms with Gasteiger partial charge in [-0.25, -0.2) is 14.8 Å². The summed E-state index contributed by atoms with van der Waals surface area (Å²) in [6, 6.07) is 11.8. The molecule has 2 N–H and O–H groups in total. The summed E-state index contributed by atoms with van der Waals surface area (Å²) in [7, 11) is 0. The maximum Gasteiger partial charge on any atom is 0.355 e. The number of rotatable bonds is 17. The largest absolute Gasteiger partial charge is 0.476 e. The van der Waals surface area contributed by atoms with Crippen LogP contribution in [0.25, 0.3) is 21.3 Å². The number of ketones is 1. The van der Waals surface area contributed by atoms with E-state index in [-0.39, 0.29) is 39.2 Å². The van der Waals surface area contributed by atoms with Crippen molar-refractivity contribution in [1.82, 2.24) is 39.7 Å². The summed E-state index contributed by atoms with van der Waals surface area (Å²) >= 11 is 1.57. The van der Waals surface area contributed by atoms with Gasteiger partial charge in [0.15, 0.2) is 22.5 Å². The third-order valence-electron chi connectivity index (χ3n) is 15.8. The molecule has 1 aromatic carbocycles. The number of anilines is 4. The molecule has 4 aliphatic carbocycles. The number of nitrogens with one attached hydrogen (secondary N) is 1. The van der Waals surface area contributed by atoms with E-state index in [4.69, 9.17) is 19.8 Å². The number of aromatic nitrogens is 6. The number of amides is 1. The minimum Gasteiger partial charge on any atom is -0.476 e. The van der Waals surface area contributed by atoms with E-state index in [1.54, 1.807) is 18.3 Å². The molecule has 5 aromatic rings. The zero-order chi connectivity index (χ0) is 47.4. The Morgan fingerprint density at radius 1 is 0.853 bits per heavy atom. The van der Waals surface area contributed by atoms with Crippen LogP contribution < -0.4 is 10.2 Å². The fraction of sp³-hybridized carbons (Fsp3) is 0.577. The van der Waals surface area contributed by atoms with Gasteiger partial charge in [-0.15, -0.1) is 10.2 Å². The zero-order valence-corrected chi connectivity index (χ0v) is 41.2. The number of Topliss-reactive ketones (excluding diaryl/α,β-unsaturated/α-hetero) is 1. The number of carboxylic acid groups (broad SMARTS) is 1. The minimum absolute atomic E-state index is 0.00663. The average molecular weight is 943 g/mol. The van der Waals surface area contributed by atoms with Gasteiger partial charge in [0.25, 0.3) is 0 Å². The lowest BCUT2D eigenvalue weighted by Crippen LogP contribution is -2.64. The lowest BCUT2D eigenvalue weighted by molar-refractivity contribution is -0.249. The van der Waals surface area contributed by atoms with Crippen LogP contribution in [0.5, 0.6) is 0 Å². The molecule has 16 heteroatoms. The number of pyridine rings is 1. The number of carbonyl (C=O) groups is 3. The molecular weight excluding hydrogens is 877 g/mol. The Labute approximate surface area is 403 Å². The number of para-hydroxylation sites is 1. The lowest BCUT2D eigenvalue weighted by atomic mass is 9.39. The second kappa shape index (κ2) is 18.2. The topological polar surface area (TPSA) is 172 Å². The number of carboxylic acids is 1. The van der Waals surface area contributed by atoms with Crippen molar-refractivity contribution >= 4 is 61.8 Å². The molecule has 11 rings (SSSR count). The van der Waals surface area contributed by atoms with Gasteiger partial charge in [0.1, 0.15) is 11.6 Å². The molecule has 4 atom stereocenters. The molecule has 0 spiro atoms. The highest BCUT2D eigenvalue weighted by Crippen LogP contribution is 2.72. The van der Waals surface area contributed by atoms with Crippen molar-refractivity contribution in [2.75, 3.05) is 56.1 Å². The van der Waals surface area contributed by atoms with Crippen molar-refractivity contribution in [2.45, 2.75) is 130 Å².